The van der Waals surface area contributed by atoms with Crippen LogP contribution < -0.4 is 5.32 Å². The van der Waals surface area contributed by atoms with Crippen molar-refractivity contribution in [2.45, 2.75) is 25.8 Å². The molecule has 1 unspecified atom stereocenters. The van der Waals surface area contributed by atoms with E-state index in [1.165, 1.54) is 7.11 Å². The number of hydrogen-bond acceptors (Lipinski definition) is 6. The SMILES string of the molecule is COC(=O)c1ccncc1Nc1cnn(C2CCN(CPF)CC2)c1C. The van der Waals surface area contributed by atoms with Gasteiger partial charge in [-0.05, 0) is 25.8 Å². The number of carbonyl (C=O) groups is 1. The number of aromatic nitrogens is 3. The molecule has 1 aliphatic rings. The first-order valence-electron chi connectivity index (χ1n) is 8.53. The standard InChI is InChI=1S/C17H23FN5O2P/c1-12-15(21-16-9-19-6-3-14(16)17(24)25-2)10-20-23(12)13-4-7-22(8-5-13)11-26-18/h3,6,9-10,13,21,26H,4-5,7-8,11H2,1-2H3. The molecule has 140 valence electrons. The topological polar surface area (TPSA) is 72.3 Å². The van der Waals surface area contributed by atoms with Gasteiger partial charge in [-0.3, -0.25) is 14.6 Å². The molecule has 0 aromatic carbocycles. The van der Waals surface area contributed by atoms with Gasteiger partial charge in [-0.2, -0.15) is 5.10 Å². The molecule has 0 aliphatic carbocycles. The molecule has 1 fully saturated rings. The molecule has 0 spiro atoms. The molecule has 1 N–H and O–H groups in total. The Labute approximate surface area is 153 Å². The Bertz CT molecular complexity index is 761. The Morgan fingerprint density at radius 2 is 2.15 bits per heavy atom. The van der Waals surface area contributed by atoms with Gasteiger partial charge in [-0.1, -0.05) is 0 Å². The highest BCUT2D eigenvalue weighted by molar-refractivity contribution is 7.31. The third-order valence-electron chi connectivity index (χ3n) is 4.73. The molecular weight excluding hydrogens is 356 g/mol. The molecule has 9 heteroatoms. The van der Waals surface area contributed by atoms with E-state index in [-0.39, 0.29) is 0 Å². The van der Waals surface area contributed by atoms with Crippen LogP contribution in [0.4, 0.5) is 15.6 Å². The van der Waals surface area contributed by atoms with E-state index in [2.05, 4.69) is 20.3 Å². The number of ether oxygens (including phenoxy) is 1. The number of pyridine rings is 1. The van der Waals surface area contributed by atoms with Gasteiger partial charge in [0.2, 0.25) is 0 Å². The summed E-state index contributed by atoms with van der Waals surface area (Å²) in [6.07, 6.45) is 7.35. The summed E-state index contributed by atoms with van der Waals surface area (Å²) >= 11 is 0. The summed E-state index contributed by atoms with van der Waals surface area (Å²) in [5.41, 5.74) is 2.84. The van der Waals surface area contributed by atoms with E-state index in [1.54, 1.807) is 24.7 Å². The van der Waals surface area contributed by atoms with Crippen LogP contribution in [0.25, 0.3) is 0 Å². The number of piperidine rings is 1. The van der Waals surface area contributed by atoms with Crippen molar-refractivity contribution in [2.24, 2.45) is 0 Å². The Morgan fingerprint density at radius 1 is 1.38 bits per heavy atom. The maximum absolute atomic E-state index is 12.5. The van der Waals surface area contributed by atoms with Gasteiger partial charge in [0.1, 0.15) is 0 Å². The number of likely N-dealkylation sites (tertiary alicyclic amines) is 1. The minimum absolute atomic E-state index is 0.304. The Hall–Kier alpha value is -2.05. The number of esters is 1. The highest BCUT2D eigenvalue weighted by Crippen LogP contribution is 2.29. The number of anilines is 2. The zero-order chi connectivity index (χ0) is 18.5. The number of nitrogens with zero attached hydrogens (tertiary/aromatic N) is 4. The normalized spacial score (nSPS) is 16.3. The van der Waals surface area contributed by atoms with Gasteiger partial charge in [0.25, 0.3) is 0 Å². The number of nitrogens with one attached hydrogen (secondary N) is 1. The van der Waals surface area contributed by atoms with Crippen molar-refractivity contribution in [1.82, 2.24) is 19.7 Å². The number of hydrogen-bond donors (Lipinski definition) is 1. The van der Waals surface area contributed by atoms with Gasteiger partial charge >= 0.3 is 5.97 Å². The van der Waals surface area contributed by atoms with E-state index < -0.39 is 14.9 Å². The number of rotatable bonds is 6. The Morgan fingerprint density at radius 3 is 2.85 bits per heavy atom. The average molecular weight is 379 g/mol. The van der Waals surface area contributed by atoms with Gasteiger partial charge in [0, 0.05) is 25.6 Å². The summed E-state index contributed by atoms with van der Waals surface area (Å²) in [7, 11) is 0.832. The van der Waals surface area contributed by atoms with Crippen molar-refractivity contribution in [1.29, 1.82) is 0 Å². The summed E-state index contributed by atoms with van der Waals surface area (Å²) in [5, 5.41) is 7.77. The molecule has 1 saturated heterocycles. The smallest absolute Gasteiger partial charge is 0.340 e. The number of methoxy groups -OCH3 is 1. The number of halogens is 1. The van der Waals surface area contributed by atoms with Crippen LogP contribution in [0.5, 0.6) is 0 Å². The van der Waals surface area contributed by atoms with Crippen LogP contribution in [-0.4, -0.2) is 52.1 Å². The first-order chi connectivity index (χ1) is 12.6. The summed E-state index contributed by atoms with van der Waals surface area (Å²) < 4.78 is 19.3. The van der Waals surface area contributed by atoms with E-state index in [9.17, 15) is 8.99 Å². The molecule has 3 heterocycles. The van der Waals surface area contributed by atoms with Gasteiger partial charge in [-0.15, -0.1) is 0 Å². The van der Waals surface area contributed by atoms with Crippen LogP contribution in [0, 0.1) is 6.92 Å². The van der Waals surface area contributed by atoms with Crippen LogP contribution in [-0.2, 0) is 4.74 Å². The fourth-order valence-corrected chi connectivity index (χ4v) is 3.73. The van der Waals surface area contributed by atoms with Gasteiger partial charge in [-0.25, -0.2) is 8.99 Å². The fourth-order valence-electron chi connectivity index (χ4n) is 3.25. The Kier molecular flexibility index (Phi) is 6.16. The van der Waals surface area contributed by atoms with Crippen molar-refractivity contribution in [3.63, 3.8) is 0 Å². The lowest BCUT2D eigenvalue weighted by Gasteiger charge is -2.31. The second-order valence-corrected chi connectivity index (χ2v) is 6.85. The van der Waals surface area contributed by atoms with Gasteiger partial charge in [0.05, 0.1) is 57.1 Å². The molecule has 0 bridgehead atoms. The van der Waals surface area contributed by atoms with E-state index in [0.29, 0.717) is 23.6 Å². The van der Waals surface area contributed by atoms with E-state index in [4.69, 9.17) is 4.74 Å². The van der Waals surface area contributed by atoms with Crippen LogP contribution in [0.15, 0.2) is 24.7 Å². The molecule has 7 nitrogen and oxygen atoms in total. The molecule has 1 aliphatic heterocycles. The maximum atomic E-state index is 12.5. The van der Waals surface area contributed by atoms with Crippen LogP contribution >= 0.6 is 8.89 Å². The third-order valence-corrected chi connectivity index (χ3v) is 5.29. The zero-order valence-electron chi connectivity index (χ0n) is 14.9. The molecule has 3 rings (SSSR count). The monoisotopic (exact) mass is 379 g/mol. The molecular formula is C17H23FN5O2P. The second-order valence-electron chi connectivity index (χ2n) is 6.27. The summed E-state index contributed by atoms with van der Waals surface area (Å²) in [6.45, 7) is 3.77. The summed E-state index contributed by atoms with van der Waals surface area (Å²) in [5.74, 6) is -0.416. The van der Waals surface area contributed by atoms with E-state index in [0.717, 1.165) is 37.3 Å². The predicted molar refractivity (Wildman–Crippen MR) is 100.0 cm³/mol. The molecule has 0 radical (unpaired) electrons. The second kappa shape index (κ2) is 8.56. The minimum atomic E-state index is -0.521. The first-order valence-corrected chi connectivity index (χ1v) is 9.62. The predicted octanol–water partition coefficient (Wildman–Crippen LogP) is 3.27. The Balaban J connectivity index is 1.74. The lowest BCUT2D eigenvalue weighted by atomic mass is 10.1. The highest BCUT2D eigenvalue weighted by Gasteiger charge is 2.23. The highest BCUT2D eigenvalue weighted by atomic mass is 31.1. The molecule has 1 atom stereocenters. The molecule has 2 aromatic heterocycles. The molecule has 0 amide bonds. The minimum Gasteiger partial charge on any atom is -0.465 e. The average Bonchev–Trinajstić information content (AvgIpc) is 3.03. The maximum Gasteiger partial charge on any atom is 0.340 e. The molecule has 26 heavy (non-hydrogen) atoms. The van der Waals surface area contributed by atoms with Crippen molar-refractivity contribution in [3.8, 4) is 0 Å². The summed E-state index contributed by atoms with van der Waals surface area (Å²) in [6, 6.07) is 1.92. The van der Waals surface area contributed by atoms with Gasteiger partial charge in [0.15, 0.2) is 0 Å². The van der Waals surface area contributed by atoms with Crippen molar-refractivity contribution >= 4 is 26.2 Å². The third kappa shape index (κ3) is 4.02. The van der Waals surface area contributed by atoms with Crippen molar-refractivity contribution < 1.29 is 13.7 Å². The van der Waals surface area contributed by atoms with E-state index >= 15 is 0 Å². The van der Waals surface area contributed by atoms with Crippen LogP contribution in [0.2, 0.25) is 0 Å². The zero-order valence-corrected chi connectivity index (χ0v) is 15.9. The van der Waals surface area contributed by atoms with Crippen LogP contribution in [0.1, 0.15) is 34.9 Å². The lowest BCUT2D eigenvalue weighted by Crippen LogP contribution is -2.34. The quantitative estimate of drug-likeness (QED) is 0.614. The fraction of sp³-hybridized carbons (Fsp3) is 0.471. The molecule has 2 aromatic rings. The van der Waals surface area contributed by atoms with E-state index in [1.807, 2.05) is 11.6 Å². The van der Waals surface area contributed by atoms with Crippen LogP contribution in [0.3, 0.4) is 0 Å². The van der Waals surface area contributed by atoms with Crippen molar-refractivity contribution in [3.05, 3.63) is 35.9 Å². The van der Waals surface area contributed by atoms with Gasteiger partial charge < -0.3 is 10.1 Å². The lowest BCUT2D eigenvalue weighted by molar-refractivity contribution is 0.0602. The number of carbonyl (C=O) groups excluding carboxylic acids is 1. The largest absolute Gasteiger partial charge is 0.465 e. The summed E-state index contributed by atoms with van der Waals surface area (Å²) in [4.78, 5) is 18.1. The first kappa shape index (κ1) is 18.7. The molecule has 0 saturated carbocycles. The van der Waals surface area contributed by atoms with Crippen molar-refractivity contribution in [2.75, 3.05) is 31.8 Å².